The summed E-state index contributed by atoms with van der Waals surface area (Å²) >= 11 is 0. The maximum atomic E-state index is 13.6. The van der Waals surface area contributed by atoms with Crippen LogP contribution in [0.1, 0.15) is 44.1 Å². The molecule has 0 spiro atoms. The molecule has 6 rings (SSSR count). The molecule has 3 N–H and O–H groups in total. The number of H-pyrrole nitrogens is 1. The lowest BCUT2D eigenvalue weighted by atomic mass is 10.0. The highest BCUT2D eigenvalue weighted by Gasteiger charge is 2.32. The van der Waals surface area contributed by atoms with Gasteiger partial charge in [0.15, 0.2) is 0 Å². The van der Waals surface area contributed by atoms with E-state index in [9.17, 15) is 13.7 Å². The molecule has 0 bridgehead atoms. The van der Waals surface area contributed by atoms with E-state index in [0.29, 0.717) is 53.6 Å². The molecule has 1 saturated carbocycles. The minimum Gasteiger partial charge on any atom is -0.495 e. The van der Waals surface area contributed by atoms with Gasteiger partial charge < -0.3 is 25.1 Å². The van der Waals surface area contributed by atoms with E-state index in [1.54, 1.807) is 28.7 Å². The number of hydrogen-bond acceptors (Lipinski definition) is 9. The zero-order valence-electron chi connectivity index (χ0n) is 23.4. The van der Waals surface area contributed by atoms with Crippen molar-refractivity contribution in [1.82, 2.24) is 19.2 Å². The van der Waals surface area contributed by atoms with Crippen LogP contribution in [-0.2, 0) is 14.8 Å². The van der Waals surface area contributed by atoms with Crippen LogP contribution in [0, 0.1) is 11.3 Å². The predicted molar refractivity (Wildman–Crippen MR) is 157 cm³/mol. The zero-order chi connectivity index (χ0) is 28.4. The summed E-state index contributed by atoms with van der Waals surface area (Å²) in [6.45, 7) is 4.29. The smallest absolute Gasteiger partial charge is 0.243 e. The van der Waals surface area contributed by atoms with Crippen LogP contribution >= 0.6 is 0 Å². The Morgan fingerprint density at radius 3 is 2.54 bits per heavy atom. The van der Waals surface area contributed by atoms with Crippen LogP contribution in [0.2, 0.25) is 0 Å². The van der Waals surface area contributed by atoms with E-state index >= 15 is 0 Å². The number of benzene rings is 1. The zero-order valence-corrected chi connectivity index (χ0v) is 24.2. The van der Waals surface area contributed by atoms with E-state index < -0.39 is 10.0 Å². The molecule has 12 heteroatoms. The first-order chi connectivity index (χ1) is 20.0. The van der Waals surface area contributed by atoms with Crippen molar-refractivity contribution in [2.75, 3.05) is 57.1 Å². The summed E-state index contributed by atoms with van der Waals surface area (Å²) < 4.78 is 39.8. The molecule has 1 aliphatic carbocycles. The number of aromatic amines is 1. The molecule has 2 saturated heterocycles. The molecule has 218 valence electrons. The first-order valence-corrected chi connectivity index (χ1v) is 15.9. The van der Waals surface area contributed by atoms with Gasteiger partial charge in [-0.2, -0.15) is 9.57 Å². The fourth-order valence-electron chi connectivity index (χ4n) is 6.30. The maximum absolute atomic E-state index is 13.6. The molecule has 4 heterocycles. The Bertz CT molecular complexity index is 1530. The summed E-state index contributed by atoms with van der Waals surface area (Å²) in [7, 11) is -2.14. The third kappa shape index (κ3) is 5.72. The molecule has 11 nitrogen and oxygen atoms in total. The van der Waals surface area contributed by atoms with Crippen LogP contribution in [0.25, 0.3) is 11.0 Å². The van der Waals surface area contributed by atoms with Gasteiger partial charge in [-0.3, -0.25) is 4.90 Å². The number of hydrogen-bond donors (Lipinski definition) is 3. The van der Waals surface area contributed by atoms with E-state index in [2.05, 4.69) is 31.6 Å². The van der Waals surface area contributed by atoms with Crippen molar-refractivity contribution >= 4 is 38.2 Å². The average Bonchev–Trinajstić information content (AvgIpc) is 3.68. The van der Waals surface area contributed by atoms with E-state index in [0.717, 1.165) is 63.1 Å². The predicted octanol–water partition coefficient (Wildman–Crippen LogP) is 4.03. The van der Waals surface area contributed by atoms with Crippen LogP contribution in [0.5, 0.6) is 5.75 Å². The minimum absolute atomic E-state index is 0.208. The minimum atomic E-state index is -3.67. The first kappa shape index (κ1) is 27.8. The van der Waals surface area contributed by atoms with Gasteiger partial charge in [0.1, 0.15) is 23.3 Å². The normalized spacial score (nSPS) is 19.8. The molecule has 3 aromatic rings. The third-order valence-electron chi connectivity index (χ3n) is 8.54. The Balaban J connectivity index is 1.21. The number of nitrogens with one attached hydrogen (secondary N) is 3. The number of rotatable bonds is 8. The fourth-order valence-corrected chi connectivity index (χ4v) is 7.79. The molecule has 41 heavy (non-hydrogen) atoms. The second-order valence-electron chi connectivity index (χ2n) is 11.0. The van der Waals surface area contributed by atoms with Crippen molar-refractivity contribution in [3.05, 3.63) is 36.0 Å². The quantitative estimate of drug-likeness (QED) is 0.361. The number of ether oxygens (including phenoxy) is 2. The van der Waals surface area contributed by atoms with Crippen LogP contribution in [-0.4, -0.2) is 86.2 Å². The number of aromatic nitrogens is 2. The number of methoxy groups -OCH3 is 1. The largest absolute Gasteiger partial charge is 0.495 e. The molecule has 2 aromatic heterocycles. The monoisotopic (exact) mass is 579 g/mol. The van der Waals surface area contributed by atoms with Gasteiger partial charge in [-0.25, -0.2) is 13.4 Å². The van der Waals surface area contributed by atoms with Crippen molar-refractivity contribution < 1.29 is 17.9 Å². The van der Waals surface area contributed by atoms with E-state index in [4.69, 9.17) is 9.47 Å². The Hall–Kier alpha value is -3.37. The van der Waals surface area contributed by atoms with E-state index in [1.165, 1.54) is 20.0 Å². The SMILES string of the molecule is COc1cc(S(=O)(=O)N2CCC(N3CCOCC3)CC2)ccc1Nc1cc(NC2CCCC2)c2c(C#N)c[nH]c2n1. The highest BCUT2D eigenvalue weighted by atomic mass is 32.2. The summed E-state index contributed by atoms with van der Waals surface area (Å²) in [6, 6.07) is 9.81. The van der Waals surface area contributed by atoms with Gasteiger partial charge in [0.25, 0.3) is 0 Å². The van der Waals surface area contributed by atoms with Crippen molar-refractivity contribution in [2.45, 2.75) is 55.5 Å². The second-order valence-corrected chi connectivity index (χ2v) is 12.9. The summed E-state index contributed by atoms with van der Waals surface area (Å²) in [6.07, 6.45) is 7.86. The van der Waals surface area contributed by atoms with Crippen LogP contribution in [0.3, 0.4) is 0 Å². The number of fused-ring (bicyclic) bond motifs is 1. The highest BCUT2D eigenvalue weighted by Crippen LogP contribution is 2.35. The van der Waals surface area contributed by atoms with Gasteiger partial charge in [-0.1, -0.05) is 12.8 Å². The average molecular weight is 580 g/mol. The molecule has 1 aromatic carbocycles. The van der Waals surface area contributed by atoms with Gasteiger partial charge >= 0.3 is 0 Å². The number of nitrogens with zero attached hydrogens (tertiary/aromatic N) is 4. The van der Waals surface area contributed by atoms with Crippen LogP contribution < -0.4 is 15.4 Å². The summed E-state index contributed by atoms with van der Waals surface area (Å²) in [5, 5.41) is 17.3. The number of anilines is 3. The van der Waals surface area contributed by atoms with Crippen molar-refractivity contribution in [2.24, 2.45) is 0 Å². The fraction of sp³-hybridized carbons (Fsp3) is 0.517. The van der Waals surface area contributed by atoms with Gasteiger partial charge in [0.2, 0.25) is 10.0 Å². The van der Waals surface area contributed by atoms with E-state index in [1.807, 2.05) is 6.07 Å². The van der Waals surface area contributed by atoms with Gasteiger partial charge in [0.05, 0.1) is 47.5 Å². The van der Waals surface area contributed by atoms with E-state index in [-0.39, 0.29) is 4.90 Å². The van der Waals surface area contributed by atoms with Crippen molar-refractivity contribution in [3.63, 3.8) is 0 Å². The molecule has 0 amide bonds. The Labute approximate surface area is 240 Å². The molecule has 3 aliphatic rings. The first-order valence-electron chi connectivity index (χ1n) is 14.4. The molecule has 0 atom stereocenters. The lowest BCUT2D eigenvalue weighted by Crippen LogP contribution is -2.50. The Morgan fingerprint density at radius 1 is 1.07 bits per heavy atom. The number of morpholine rings is 1. The van der Waals surface area contributed by atoms with Crippen LogP contribution in [0.4, 0.5) is 17.2 Å². The second kappa shape index (κ2) is 11.9. The van der Waals surface area contributed by atoms with Gasteiger partial charge in [-0.05, 0) is 37.8 Å². The Kier molecular flexibility index (Phi) is 8.03. The Morgan fingerprint density at radius 2 is 1.83 bits per heavy atom. The molecule has 2 aliphatic heterocycles. The van der Waals surface area contributed by atoms with Gasteiger partial charge in [-0.15, -0.1) is 0 Å². The van der Waals surface area contributed by atoms with Crippen LogP contribution in [0.15, 0.2) is 35.4 Å². The number of sulfonamides is 1. The molecular formula is C29H37N7O4S. The molecule has 0 unspecified atom stereocenters. The molecule has 3 fully saturated rings. The number of nitriles is 1. The number of pyridine rings is 1. The maximum Gasteiger partial charge on any atom is 0.243 e. The van der Waals surface area contributed by atoms with Crippen molar-refractivity contribution in [1.29, 1.82) is 5.26 Å². The molecular weight excluding hydrogens is 542 g/mol. The summed E-state index contributed by atoms with van der Waals surface area (Å²) in [5.74, 6) is 0.967. The molecule has 0 radical (unpaired) electrons. The lowest BCUT2D eigenvalue weighted by Gasteiger charge is -2.39. The topological polar surface area (TPSA) is 136 Å². The standard InChI is InChI=1S/C29H37N7O4S/c1-39-26-16-23(41(37,38)36-10-8-22(9-11-36)35-12-14-40-15-13-35)6-7-24(26)33-27-17-25(32-21-4-2-3-5-21)28-20(18-30)19-31-29(28)34-27/h6-7,16-17,19,21-22H,2-5,8-15H2,1H3,(H3,31,32,33,34). The summed E-state index contributed by atoms with van der Waals surface area (Å²) in [4.78, 5) is 10.4. The van der Waals surface area contributed by atoms with Gasteiger partial charge in [0, 0.05) is 56.6 Å². The van der Waals surface area contributed by atoms with Crippen molar-refractivity contribution in [3.8, 4) is 11.8 Å². The summed E-state index contributed by atoms with van der Waals surface area (Å²) in [5.41, 5.74) is 2.59. The number of piperidine rings is 1. The highest BCUT2D eigenvalue weighted by molar-refractivity contribution is 7.89. The lowest BCUT2D eigenvalue weighted by molar-refractivity contribution is 0.00610. The third-order valence-corrected chi connectivity index (χ3v) is 10.4.